The van der Waals surface area contributed by atoms with Crippen LogP contribution in [-0.4, -0.2) is 35.0 Å². The molecule has 0 saturated carbocycles. The van der Waals surface area contributed by atoms with Gasteiger partial charge >= 0.3 is 5.97 Å². The molecule has 4 nitrogen and oxygen atoms in total. The second-order valence-corrected chi connectivity index (χ2v) is 3.60. The van der Waals surface area contributed by atoms with E-state index in [9.17, 15) is 15.0 Å². The Balaban J connectivity index is 4.50. The second-order valence-electron chi connectivity index (χ2n) is 3.60. The number of methoxy groups -OCH3 is 1. The number of rotatable bonds is 4. The van der Waals surface area contributed by atoms with Gasteiger partial charge in [-0.05, 0) is 20.8 Å². The molecule has 0 amide bonds. The van der Waals surface area contributed by atoms with E-state index in [0.29, 0.717) is 5.57 Å². The summed E-state index contributed by atoms with van der Waals surface area (Å²) in [4.78, 5) is 11.0. The molecule has 0 aromatic rings. The quantitative estimate of drug-likeness (QED) is 0.412. The Morgan fingerprint density at radius 3 is 2.47 bits per heavy atom. The third-order valence-corrected chi connectivity index (χ3v) is 2.13. The molecule has 2 N–H and O–H groups in total. The Hall–Kier alpha value is -1.13. The molecule has 0 aromatic carbocycles. The van der Waals surface area contributed by atoms with E-state index in [1.54, 1.807) is 6.92 Å². The summed E-state index contributed by atoms with van der Waals surface area (Å²) in [5.41, 5.74) is -0.873. The van der Waals surface area contributed by atoms with Gasteiger partial charge in [0.15, 0.2) is 0 Å². The van der Waals surface area contributed by atoms with Crippen LogP contribution in [0, 0.1) is 0 Å². The van der Waals surface area contributed by atoms with Crippen molar-refractivity contribution in [2.24, 2.45) is 0 Å². The number of aliphatic hydroxyl groups is 2. The van der Waals surface area contributed by atoms with E-state index in [-0.39, 0.29) is 0 Å². The van der Waals surface area contributed by atoms with Gasteiger partial charge in [-0.2, -0.15) is 0 Å². The van der Waals surface area contributed by atoms with E-state index in [0.717, 1.165) is 0 Å². The summed E-state index contributed by atoms with van der Waals surface area (Å²) in [5.74, 6) is -0.420. The molecule has 0 heterocycles. The lowest BCUT2D eigenvalue weighted by Crippen LogP contribution is -2.34. The third kappa shape index (κ3) is 4.76. The van der Waals surface area contributed by atoms with Gasteiger partial charge in [0.1, 0.15) is 5.60 Å². The zero-order chi connectivity index (χ0) is 12.1. The predicted molar refractivity (Wildman–Crippen MR) is 57.2 cm³/mol. The fourth-order valence-electron chi connectivity index (χ4n) is 0.756. The molecule has 0 aromatic heterocycles. The van der Waals surface area contributed by atoms with E-state index in [2.05, 4.69) is 4.74 Å². The first-order valence-corrected chi connectivity index (χ1v) is 4.66. The van der Waals surface area contributed by atoms with Gasteiger partial charge in [-0.15, -0.1) is 0 Å². The molecular formula is C11H18O4. The average Bonchev–Trinajstić information content (AvgIpc) is 2.15. The fraction of sp³-hybridized carbons (Fsp3) is 0.545. The molecule has 0 fully saturated rings. The summed E-state index contributed by atoms with van der Waals surface area (Å²) in [6.45, 7) is 4.57. The number of hydrogen-bond acceptors (Lipinski definition) is 4. The van der Waals surface area contributed by atoms with Crippen molar-refractivity contribution in [2.45, 2.75) is 32.5 Å². The van der Waals surface area contributed by atoms with Gasteiger partial charge in [0.25, 0.3) is 0 Å². The molecule has 0 aliphatic carbocycles. The van der Waals surface area contributed by atoms with Crippen molar-refractivity contribution >= 4 is 5.97 Å². The minimum atomic E-state index is -1.30. The summed E-state index contributed by atoms with van der Waals surface area (Å²) in [6.07, 6.45) is 3.58. The number of carbonyl (C=O) groups excluding carboxylic acids is 1. The van der Waals surface area contributed by atoms with E-state index in [1.807, 2.05) is 0 Å². The van der Waals surface area contributed by atoms with Gasteiger partial charge in [0.05, 0.1) is 13.2 Å². The maximum absolute atomic E-state index is 11.0. The normalized spacial score (nSPS) is 18.7. The molecule has 2 atom stereocenters. The first kappa shape index (κ1) is 13.9. The van der Waals surface area contributed by atoms with Crippen LogP contribution in [0.1, 0.15) is 20.8 Å². The highest BCUT2D eigenvalue weighted by Crippen LogP contribution is 2.11. The van der Waals surface area contributed by atoms with Crippen molar-refractivity contribution in [3.05, 3.63) is 23.8 Å². The first-order chi connectivity index (χ1) is 6.81. The lowest BCUT2D eigenvalue weighted by molar-refractivity contribution is -0.136. The SMILES string of the molecule is COC(=O)/C(C)=C/C=C/C(C)(O)C(C)O. The molecule has 4 heteroatoms. The van der Waals surface area contributed by atoms with Crippen molar-refractivity contribution in [3.8, 4) is 0 Å². The summed E-state index contributed by atoms with van der Waals surface area (Å²) in [6, 6.07) is 0. The zero-order valence-electron chi connectivity index (χ0n) is 9.52. The van der Waals surface area contributed by atoms with Crippen molar-refractivity contribution in [2.75, 3.05) is 7.11 Å². The molecule has 0 bridgehead atoms. The number of allylic oxidation sites excluding steroid dienone is 2. The fourth-order valence-corrected chi connectivity index (χ4v) is 0.756. The van der Waals surface area contributed by atoms with E-state index in [1.165, 1.54) is 39.2 Å². The van der Waals surface area contributed by atoms with Gasteiger partial charge in [-0.1, -0.05) is 18.2 Å². The highest BCUT2D eigenvalue weighted by Gasteiger charge is 2.22. The first-order valence-electron chi connectivity index (χ1n) is 4.66. The second kappa shape index (κ2) is 5.68. The van der Waals surface area contributed by atoms with Gasteiger partial charge in [0.2, 0.25) is 0 Å². The van der Waals surface area contributed by atoms with Crippen LogP contribution in [-0.2, 0) is 9.53 Å². The number of aliphatic hydroxyl groups excluding tert-OH is 1. The molecule has 0 rings (SSSR count). The molecular weight excluding hydrogens is 196 g/mol. The lowest BCUT2D eigenvalue weighted by Gasteiger charge is -2.21. The Morgan fingerprint density at radius 2 is 2.07 bits per heavy atom. The Morgan fingerprint density at radius 1 is 1.53 bits per heavy atom. The number of carbonyl (C=O) groups is 1. The van der Waals surface area contributed by atoms with Crippen LogP contribution >= 0.6 is 0 Å². The van der Waals surface area contributed by atoms with Crippen LogP contribution < -0.4 is 0 Å². The Labute approximate surface area is 89.9 Å². The van der Waals surface area contributed by atoms with Crippen LogP contribution in [0.4, 0.5) is 0 Å². The molecule has 0 saturated heterocycles. The minimum Gasteiger partial charge on any atom is -0.466 e. The molecule has 2 unspecified atom stereocenters. The topological polar surface area (TPSA) is 66.8 Å². The number of hydrogen-bond donors (Lipinski definition) is 2. The van der Waals surface area contributed by atoms with Gasteiger partial charge in [-0.25, -0.2) is 4.79 Å². The van der Waals surface area contributed by atoms with Crippen molar-refractivity contribution < 1.29 is 19.7 Å². The highest BCUT2D eigenvalue weighted by atomic mass is 16.5. The highest BCUT2D eigenvalue weighted by molar-refractivity contribution is 5.87. The van der Waals surface area contributed by atoms with E-state index >= 15 is 0 Å². The van der Waals surface area contributed by atoms with Gasteiger partial charge in [0, 0.05) is 5.57 Å². The predicted octanol–water partition coefficient (Wildman–Crippen LogP) is 0.794. The molecule has 0 radical (unpaired) electrons. The maximum Gasteiger partial charge on any atom is 0.333 e. The monoisotopic (exact) mass is 214 g/mol. The standard InChI is InChI=1S/C11H18O4/c1-8(10(13)15-4)6-5-7-11(3,14)9(2)12/h5-7,9,12,14H,1-4H3/b7-5+,8-6+. The average molecular weight is 214 g/mol. The van der Waals surface area contributed by atoms with Crippen molar-refractivity contribution in [3.63, 3.8) is 0 Å². The molecule has 0 aliphatic rings. The van der Waals surface area contributed by atoms with Crippen molar-refractivity contribution in [1.29, 1.82) is 0 Å². The third-order valence-electron chi connectivity index (χ3n) is 2.13. The van der Waals surface area contributed by atoms with Gasteiger partial charge in [-0.3, -0.25) is 0 Å². The molecule has 15 heavy (non-hydrogen) atoms. The summed E-state index contributed by atoms with van der Waals surface area (Å²) >= 11 is 0. The van der Waals surface area contributed by atoms with Crippen molar-refractivity contribution in [1.82, 2.24) is 0 Å². The Bertz CT molecular complexity index is 274. The van der Waals surface area contributed by atoms with E-state index in [4.69, 9.17) is 0 Å². The Kier molecular flexibility index (Phi) is 5.25. The van der Waals surface area contributed by atoms with Gasteiger partial charge < -0.3 is 14.9 Å². The largest absolute Gasteiger partial charge is 0.466 e. The molecule has 0 spiro atoms. The van der Waals surface area contributed by atoms with Crippen LogP contribution in [0.25, 0.3) is 0 Å². The minimum absolute atomic E-state index is 0.420. The lowest BCUT2D eigenvalue weighted by atomic mass is 10.00. The molecule has 0 aliphatic heterocycles. The van der Waals surface area contributed by atoms with Crippen LogP contribution in [0.2, 0.25) is 0 Å². The smallest absolute Gasteiger partial charge is 0.333 e. The summed E-state index contributed by atoms with van der Waals surface area (Å²) in [5, 5.41) is 18.8. The van der Waals surface area contributed by atoms with Crippen LogP contribution in [0.5, 0.6) is 0 Å². The summed E-state index contributed by atoms with van der Waals surface area (Å²) in [7, 11) is 1.30. The zero-order valence-corrected chi connectivity index (χ0v) is 9.52. The number of ether oxygens (including phenoxy) is 1. The van der Waals surface area contributed by atoms with Crippen LogP contribution in [0.3, 0.4) is 0 Å². The molecule has 86 valence electrons. The van der Waals surface area contributed by atoms with Crippen LogP contribution in [0.15, 0.2) is 23.8 Å². The maximum atomic E-state index is 11.0. The number of esters is 1. The van der Waals surface area contributed by atoms with E-state index < -0.39 is 17.7 Å². The summed E-state index contributed by atoms with van der Waals surface area (Å²) < 4.78 is 4.49.